The van der Waals surface area contributed by atoms with E-state index in [1.807, 2.05) is 12.1 Å². The smallest absolute Gasteiger partial charge is 0.308 e. The van der Waals surface area contributed by atoms with Crippen molar-refractivity contribution in [3.8, 4) is 11.5 Å². The molecule has 8 heteroatoms. The summed E-state index contributed by atoms with van der Waals surface area (Å²) in [5.41, 5.74) is 1.86. The van der Waals surface area contributed by atoms with Crippen LogP contribution in [0.15, 0.2) is 24.3 Å². The number of carbonyl (C=O) groups excluding carboxylic acids is 2. The van der Waals surface area contributed by atoms with Crippen LogP contribution in [0, 0.1) is 5.92 Å². The first-order valence-electron chi connectivity index (χ1n) is 11.1. The lowest BCUT2D eigenvalue weighted by molar-refractivity contribution is -0.152. The van der Waals surface area contributed by atoms with Gasteiger partial charge in [-0.15, -0.1) is 0 Å². The van der Waals surface area contributed by atoms with Crippen LogP contribution in [-0.2, 0) is 31.0 Å². The summed E-state index contributed by atoms with van der Waals surface area (Å²) >= 11 is 0. The van der Waals surface area contributed by atoms with Crippen molar-refractivity contribution in [3.05, 3.63) is 35.4 Å². The van der Waals surface area contributed by atoms with E-state index in [1.165, 1.54) is 13.8 Å². The molecule has 5 rings (SSSR count). The molecular weight excluding hydrogens is 414 g/mol. The Balaban J connectivity index is 1.58. The van der Waals surface area contributed by atoms with Crippen LogP contribution in [0.2, 0.25) is 0 Å². The summed E-state index contributed by atoms with van der Waals surface area (Å²) in [5.74, 6) is -0.423. The van der Waals surface area contributed by atoms with Gasteiger partial charge < -0.3 is 19.3 Å². The quantitative estimate of drug-likeness (QED) is 0.407. The molecule has 1 spiro atoms. The Bertz CT molecular complexity index is 1020. The Hall–Kier alpha value is -2.87. The highest BCUT2D eigenvalue weighted by Crippen LogP contribution is 2.62. The molecule has 1 N–H and O–H groups in total. The largest absolute Gasteiger partial charge is 0.481 e. The maximum Gasteiger partial charge on any atom is 0.308 e. The fourth-order valence-corrected chi connectivity index (χ4v) is 6.34. The number of carbonyl (C=O) groups is 3. The number of hydrogen-bond acceptors (Lipinski definition) is 7. The second kappa shape index (κ2) is 7.62. The van der Waals surface area contributed by atoms with E-state index >= 15 is 0 Å². The molecule has 32 heavy (non-hydrogen) atoms. The second-order valence-electron chi connectivity index (χ2n) is 9.14. The molecule has 1 saturated heterocycles. The molecule has 0 saturated carbocycles. The average molecular weight is 441 g/mol. The van der Waals surface area contributed by atoms with Crippen LogP contribution in [0.3, 0.4) is 0 Å². The summed E-state index contributed by atoms with van der Waals surface area (Å²) in [6, 6.07) is 3.99. The minimum Gasteiger partial charge on any atom is -0.481 e. The van der Waals surface area contributed by atoms with Gasteiger partial charge in [-0.1, -0.05) is 12.1 Å². The molecule has 170 valence electrons. The number of ether oxygens (including phenoxy) is 3. The van der Waals surface area contributed by atoms with Gasteiger partial charge in [0.2, 0.25) is 0 Å². The van der Waals surface area contributed by atoms with Crippen LogP contribution in [0.1, 0.15) is 44.2 Å². The van der Waals surface area contributed by atoms with Crippen molar-refractivity contribution >= 4 is 17.9 Å². The topological polar surface area (TPSA) is 102 Å². The zero-order valence-corrected chi connectivity index (χ0v) is 18.2. The summed E-state index contributed by atoms with van der Waals surface area (Å²) in [6.45, 7) is 4.29. The average Bonchev–Trinajstić information content (AvgIpc) is 3.06. The van der Waals surface area contributed by atoms with Crippen molar-refractivity contribution in [2.45, 2.75) is 63.2 Å². The molecular formula is C24H27NO7. The Morgan fingerprint density at radius 3 is 2.75 bits per heavy atom. The van der Waals surface area contributed by atoms with Crippen molar-refractivity contribution in [1.29, 1.82) is 0 Å². The molecule has 2 bridgehead atoms. The number of carboxylic acid groups (broad SMARTS) is 1. The van der Waals surface area contributed by atoms with Crippen LogP contribution >= 0.6 is 0 Å². The van der Waals surface area contributed by atoms with Gasteiger partial charge in [0.1, 0.15) is 6.10 Å². The number of hydrogen-bond donors (Lipinski definition) is 1. The van der Waals surface area contributed by atoms with Crippen molar-refractivity contribution in [2.75, 3.05) is 13.1 Å². The summed E-state index contributed by atoms with van der Waals surface area (Å²) in [5, 5.41) is 9.04. The van der Waals surface area contributed by atoms with E-state index in [-0.39, 0.29) is 29.8 Å². The molecule has 1 aromatic carbocycles. The van der Waals surface area contributed by atoms with Crippen molar-refractivity contribution < 1.29 is 33.7 Å². The van der Waals surface area contributed by atoms with Crippen LogP contribution in [0.4, 0.5) is 0 Å². The first kappa shape index (κ1) is 21.0. The molecule has 2 aliphatic carbocycles. The third-order valence-corrected chi connectivity index (χ3v) is 7.34. The van der Waals surface area contributed by atoms with E-state index in [1.54, 1.807) is 6.07 Å². The van der Waals surface area contributed by atoms with Gasteiger partial charge in [0, 0.05) is 43.2 Å². The molecule has 0 aromatic heterocycles. The number of aliphatic carboxylic acids is 1. The predicted molar refractivity (Wildman–Crippen MR) is 113 cm³/mol. The van der Waals surface area contributed by atoms with E-state index in [4.69, 9.17) is 19.3 Å². The lowest BCUT2D eigenvalue weighted by Crippen LogP contribution is -2.65. The van der Waals surface area contributed by atoms with Gasteiger partial charge in [0.25, 0.3) is 0 Å². The minimum absolute atomic E-state index is 0.138. The molecule has 5 atom stereocenters. The fraction of sp³-hybridized carbons (Fsp3) is 0.542. The van der Waals surface area contributed by atoms with Gasteiger partial charge in [0.05, 0.1) is 0 Å². The number of esters is 2. The van der Waals surface area contributed by atoms with Crippen LogP contribution in [0.25, 0.3) is 0 Å². The Kier molecular flexibility index (Phi) is 5.00. The number of likely N-dealkylation sites (tertiary alicyclic amines) is 1. The van der Waals surface area contributed by atoms with Gasteiger partial charge >= 0.3 is 17.9 Å². The Morgan fingerprint density at radius 1 is 1.22 bits per heavy atom. The molecule has 1 aromatic rings. The van der Waals surface area contributed by atoms with Gasteiger partial charge in [-0.25, -0.2) is 0 Å². The maximum atomic E-state index is 11.8. The van der Waals surface area contributed by atoms with Crippen LogP contribution in [-0.4, -0.2) is 59.3 Å². The van der Waals surface area contributed by atoms with Crippen LogP contribution < -0.4 is 9.47 Å². The number of piperidine rings is 1. The maximum absolute atomic E-state index is 11.8. The first-order valence-corrected chi connectivity index (χ1v) is 11.1. The summed E-state index contributed by atoms with van der Waals surface area (Å²) < 4.78 is 17.6. The number of nitrogens with zero attached hydrogens (tertiary/aromatic N) is 1. The van der Waals surface area contributed by atoms with Gasteiger partial charge in [-0.2, -0.15) is 0 Å². The van der Waals surface area contributed by atoms with Gasteiger partial charge in [-0.3, -0.25) is 19.3 Å². The highest BCUT2D eigenvalue weighted by molar-refractivity contribution is 5.73. The van der Waals surface area contributed by atoms with Crippen LogP contribution in [0.5, 0.6) is 11.5 Å². The highest BCUT2D eigenvalue weighted by atomic mass is 16.6. The van der Waals surface area contributed by atoms with E-state index in [0.717, 1.165) is 37.1 Å². The molecule has 0 radical (unpaired) electrons. The van der Waals surface area contributed by atoms with Crippen molar-refractivity contribution in [1.82, 2.24) is 4.90 Å². The SMILES string of the molecule is CC(=O)Oc1ccc2c3c1O[C@H]1[C@@H](OC(C)=O)C=C[C@H]4C(C2)N(CCCC(=O)O)CC[C@@]341. The second-order valence-corrected chi connectivity index (χ2v) is 9.14. The third-order valence-electron chi connectivity index (χ3n) is 7.34. The molecule has 4 aliphatic rings. The lowest BCUT2D eigenvalue weighted by Gasteiger charge is -2.57. The summed E-state index contributed by atoms with van der Waals surface area (Å²) in [6.07, 6.45) is 5.51. The molecule has 1 fully saturated rings. The number of carboxylic acids is 1. The van der Waals surface area contributed by atoms with Gasteiger partial charge in [-0.05, 0) is 50.1 Å². The predicted octanol–water partition coefficient (Wildman–Crippen LogP) is 2.22. The third kappa shape index (κ3) is 3.11. The zero-order chi connectivity index (χ0) is 22.6. The standard InChI is InChI=1S/C24H27NO7/c1-13(26)30-18-7-5-15-12-17-16-6-8-19(31-14(2)27)23-24(16,21(15)22(18)32-23)9-11-25(17)10-3-4-20(28)29/h5-8,16-17,19,23H,3-4,9-12H2,1-2H3,(H,28,29)/t16-,17?,19-,23-,24-/m0/s1. The Labute approximate surface area is 186 Å². The zero-order valence-electron chi connectivity index (χ0n) is 18.2. The fourth-order valence-electron chi connectivity index (χ4n) is 6.34. The highest BCUT2D eigenvalue weighted by Gasteiger charge is 2.65. The number of benzene rings is 1. The van der Waals surface area contributed by atoms with Gasteiger partial charge in [0.15, 0.2) is 17.6 Å². The lowest BCUT2D eigenvalue weighted by atomic mass is 9.53. The molecule has 0 amide bonds. The summed E-state index contributed by atoms with van der Waals surface area (Å²) in [4.78, 5) is 36.9. The molecule has 1 unspecified atom stereocenters. The number of rotatable bonds is 6. The van der Waals surface area contributed by atoms with E-state index in [9.17, 15) is 14.4 Å². The Morgan fingerprint density at radius 2 is 2.03 bits per heavy atom. The normalized spacial score (nSPS) is 31.4. The van der Waals surface area contributed by atoms with Crippen molar-refractivity contribution in [3.63, 3.8) is 0 Å². The molecule has 2 aliphatic heterocycles. The molecule has 2 heterocycles. The van der Waals surface area contributed by atoms with E-state index in [2.05, 4.69) is 11.0 Å². The first-order chi connectivity index (χ1) is 15.3. The monoisotopic (exact) mass is 441 g/mol. The summed E-state index contributed by atoms with van der Waals surface area (Å²) in [7, 11) is 0. The minimum atomic E-state index is -0.777. The molecule has 8 nitrogen and oxygen atoms in total. The van der Waals surface area contributed by atoms with E-state index in [0.29, 0.717) is 17.9 Å². The van der Waals surface area contributed by atoms with E-state index < -0.39 is 24.1 Å². The van der Waals surface area contributed by atoms with Crippen molar-refractivity contribution in [2.24, 2.45) is 5.92 Å².